The lowest BCUT2D eigenvalue weighted by molar-refractivity contribution is 0.102. The first-order valence-electron chi connectivity index (χ1n) is 7.40. The molecule has 0 atom stereocenters. The molecule has 0 saturated carbocycles. The Hall–Kier alpha value is -2.52. The van der Waals surface area contributed by atoms with Crippen LogP contribution >= 0.6 is 11.3 Å². The summed E-state index contributed by atoms with van der Waals surface area (Å²) in [7, 11) is -3.41. The average Bonchev–Trinajstić information content (AvgIpc) is 3.26. The third-order valence-electron chi connectivity index (χ3n) is 3.42. The van der Waals surface area contributed by atoms with Crippen molar-refractivity contribution >= 4 is 33.1 Å². The first-order chi connectivity index (χ1) is 11.9. The molecule has 1 aromatic carbocycles. The van der Waals surface area contributed by atoms with E-state index in [4.69, 9.17) is 4.42 Å². The Bertz CT molecular complexity index is 992. The highest BCUT2D eigenvalue weighted by Gasteiger charge is 2.20. The van der Waals surface area contributed by atoms with Crippen LogP contribution < -0.4 is 5.32 Å². The topological polar surface area (TPSA) is 102 Å². The van der Waals surface area contributed by atoms with Crippen LogP contribution in [0.15, 0.2) is 51.1 Å². The number of benzene rings is 1. The smallest absolute Gasteiger partial charge is 0.322 e. The van der Waals surface area contributed by atoms with Crippen LogP contribution in [0.5, 0.6) is 0 Å². The molecule has 1 amide bonds. The lowest BCUT2D eigenvalue weighted by atomic mass is 10.2. The minimum Gasteiger partial charge on any atom is -0.403 e. The number of nitrogens with one attached hydrogen (secondary N) is 1. The SMILES string of the molecule is CC(C)S(=O)(=O)c1cccc(-c2nnc(NC(=O)c3cccs3)o2)c1. The Morgan fingerprint density at radius 2 is 2.00 bits per heavy atom. The van der Waals surface area contributed by atoms with Gasteiger partial charge < -0.3 is 4.42 Å². The van der Waals surface area contributed by atoms with Crippen LogP contribution in [0, 0.1) is 0 Å². The molecule has 3 aromatic rings. The lowest BCUT2D eigenvalue weighted by Crippen LogP contribution is -2.13. The first kappa shape index (κ1) is 17.3. The number of thiophene rings is 1. The second kappa shape index (κ2) is 6.77. The molecule has 0 fully saturated rings. The Kier molecular flexibility index (Phi) is 4.69. The van der Waals surface area contributed by atoms with Gasteiger partial charge in [-0.15, -0.1) is 16.4 Å². The second-order valence-corrected chi connectivity index (χ2v) is 8.92. The summed E-state index contributed by atoms with van der Waals surface area (Å²) in [4.78, 5) is 12.7. The standard InChI is InChI=1S/C16H15N3O4S2/c1-10(2)25(21,22)12-6-3-5-11(9-12)15-18-19-16(23-15)17-14(20)13-7-4-8-24-13/h3-10H,1-2H3,(H,17,19,20). The molecule has 0 unspecified atom stereocenters. The van der Waals surface area contributed by atoms with Gasteiger partial charge in [-0.05, 0) is 43.5 Å². The quantitative estimate of drug-likeness (QED) is 0.732. The van der Waals surface area contributed by atoms with E-state index in [1.807, 2.05) is 0 Å². The molecule has 1 N–H and O–H groups in total. The number of hydrogen-bond acceptors (Lipinski definition) is 7. The largest absolute Gasteiger partial charge is 0.403 e. The normalized spacial score (nSPS) is 11.6. The molecule has 0 aliphatic heterocycles. The van der Waals surface area contributed by atoms with Crippen molar-refractivity contribution in [2.75, 3.05) is 5.32 Å². The summed E-state index contributed by atoms with van der Waals surface area (Å²) in [5.74, 6) is -0.219. The zero-order chi connectivity index (χ0) is 18.0. The van der Waals surface area contributed by atoms with Crippen LogP contribution in [-0.4, -0.2) is 29.8 Å². The number of carbonyl (C=O) groups excluding carboxylic acids is 1. The number of aromatic nitrogens is 2. The third-order valence-corrected chi connectivity index (χ3v) is 6.44. The molecule has 9 heteroatoms. The fourth-order valence-electron chi connectivity index (χ4n) is 2.04. The van der Waals surface area contributed by atoms with Gasteiger partial charge in [-0.25, -0.2) is 8.42 Å². The summed E-state index contributed by atoms with van der Waals surface area (Å²) >= 11 is 1.29. The third kappa shape index (κ3) is 3.62. The fourth-order valence-corrected chi connectivity index (χ4v) is 3.76. The van der Waals surface area contributed by atoms with Crippen LogP contribution in [0.4, 0.5) is 6.01 Å². The Morgan fingerprint density at radius 1 is 1.20 bits per heavy atom. The Balaban J connectivity index is 1.84. The van der Waals surface area contributed by atoms with Gasteiger partial charge in [0, 0.05) is 5.56 Å². The van der Waals surface area contributed by atoms with E-state index in [1.165, 1.54) is 23.5 Å². The van der Waals surface area contributed by atoms with Gasteiger partial charge in [0.25, 0.3) is 5.91 Å². The van der Waals surface area contributed by atoms with E-state index in [0.29, 0.717) is 10.4 Å². The molecule has 130 valence electrons. The molecular formula is C16H15N3O4S2. The molecule has 0 bridgehead atoms. The molecule has 2 aromatic heterocycles. The van der Waals surface area contributed by atoms with Gasteiger partial charge in [-0.1, -0.05) is 17.2 Å². The van der Waals surface area contributed by atoms with E-state index in [2.05, 4.69) is 15.5 Å². The number of rotatable bonds is 5. The maximum atomic E-state index is 12.3. The number of nitrogens with zero attached hydrogens (tertiary/aromatic N) is 2. The average molecular weight is 377 g/mol. The van der Waals surface area contributed by atoms with Crippen molar-refractivity contribution in [2.45, 2.75) is 24.0 Å². The highest BCUT2D eigenvalue weighted by molar-refractivity contribution is 7.92. The summed E-state index contributed by atoms with van der Waals surface area (Å²) in [5.41, 5.74) is 0.464. The van der Waals surface area contributed by atoms with Gasteiger partial charge in [0.05, 0.1) is 15.0 Å². The Morgan fingerprint density at radius 3 is 2.68 bits per heavy atom. The molecular weight excluding hydrogens is 362 g/mol. The van der Waals surface area contributed by atoms with E-state index < -0.39 is 15.1 Å². The fraction of sp³-hybridized carbons (Fsp3) is 0.188. The molecule has 0 aliphatic rings. The van der Waals surface area contributed by atoms with Crippen molar-refractivity contribution in [1.29, 1.82) is 0 Å². The molecule has 3 rings (SSSR count). The minimum atomic E-state index is -3.41. The minimum absolute atomic E-state index is 0.0504. The van der Waals surface area contributed by atoms with Crippen LogP contribution in [0.2, 0.25) is 0 Å². The molecule has 2 heterocycles. The van der Waals surface area contributed by atoms with Gasteiger partial charge in [-0.2, -0.15) is 0 Å². The van der Waals surface area contributed by atoms with Crippen LogP contribution in [-0.2, 0) is 9.84 Å². The van der Waals surface area contributed by atoms with E-state index in [0.717, 1.165) is 0 Å². The maximum Gasteiger partial charge on any atom is 0.322 e. The molecule has 0 aliphatic carbocycles. The van der Waals surface area contributed by atoms with E-state index >= 15 is 0 Å². The van der Waals surface area contributed by atoms with Gasteiger partial charge in [-0.3, -0.25) is 10.1 Å². The highest BCUT2D eigenvalue weighted by Crippen LogP contribution is 2.25. The van der Waals surface area contributed by atoms with Crippen LogP contribution in [0.1, 0.15) is 23.5 Å². The number of hydrogen-bond donors (Lipinski definition) is 1. The van der Waals surface area contributed by atoms with Crippen LogP contribution in [0.25, 0.3) is 11.5 Å². The summed E-state index contributed by atoms with van der Waals surface area (Å²) in [5, 5.41) is 11.4. The Labute approximate surface area is 148 Å². The highest BCUT2D eigenvalue weighted by atomic mass is 32.2. The van der Waals surface area contributed by atoms with E-state index in [1.54, 1.807) is 43.5 Å². The zero-order valence-corrected chi connectivity index (χ0v) is 15.1. The number of carbonyl (C=O) groups is 1. The number of sulfone groups is 1. The van der Waals surface area contributed by atoms with Crippen molar-refractivity contribution in [3.05, 3.63) is 46.7 Å². The van der Waals surface area contributed by atoms with Gasteiger partial charge in [0.15, 0.2) is 9.84 Å². The van der Waals surface area contributed by atoms with Crippen molar-refractivity contribution < 1.29 is 17.6 Å². The van der Waals surface area contributed by atoms with Crippen molar-refractivity contribution in [3.63, 3.8) is 0 Å². The summed E-state index contributed by atoms with van der Waals surface area (Å²) in [6, 6.07) is 9.67. The van der Waals surface area contributed by atoms with Crippen molar-refractivity contribution in [3.8, 4) is 11.5 Å². The monoisotopic (exact) mass is 377 g/mol. The molecule has 0 spiro atoms. The number of anilines is 1. The van der Waals surface area contributed by atoms with Gasteiger partial charge >= 0.3 is 6.01 Å². The number of amides is 1. The van der Waals surface area contributed by atoms with E-state index in [9.17, 15) is 13.2 Å². The molecule has 0 radical (unpaired) electrons. The first-order valence-corrected chi connectivity index (χ1v) is 9.83. The summed E-state index contributed by atoms with van der Waals surface area (Å²) in [6.07, 6.45) is 0. The second-order valence-electron chi connectivity index (χ2n) is 5.47. The van der Waals surface area contributed by atoms with Gasteiger partial charge in [0.2, 0.25) is 5.89 Å². The molecule has 25 heavy (non-hydrogen) atoms. The van der Waals surface area contributed by atoms with E-state index in [-0.39, 0.29) is 22.7 Å². The van der Waals surface area contributed by atoms with Crippen molar-refractivity contribution in [1.82, 2.24) is 10.2 Å². The molecule has 7 nitrogen and oxygen atoms in total. The molecule has 0 saturated heterocycles. The lowest BCUT2D eigenvalue weighted by Gasteiger charge is -2.08. The van der Waals surface area contributed by atoms with Crippen LogP contribution in [0.3, 0.4) is 0 Å². The van der Waals surface area contributed by atoms with Gasteiger partial charge in [0.1, 0.15) is 0 Å². The maximum absolute atomic E-state index is 12.3. The summed E-state index contributed by atoms with van der Waals surface area (Å²) in [6.45, 7) is 3.24. The zero-order valence-electron chi connectivity index (χ0n) is 13.5. The van der Waals surface area contributed by atoms with Crippen molar-refractivity contribution in [2.24, 2.45) is 0 Å². The predicted octanol–water partition coefficient (Wildman–Crippen LogP) is 3.23. The predicted molar refractivity (Wildman–Crippen MR) is 94.3 cm³/mol. The summed E-state index contributed by atoms with van der Waals surface area (Å²) < 4.78 is 30.0.